The van der Waals surface area contributed by atoms with Gasteiger partial charge in [-0.05, 0) is 24.5 Å². The molecule has 5 heteroatoms. The average Bonchev–Trinajstić information content (AvgIpc) is 2.30. The highest BCUT2D eigenvalue weighted by atomic mass is 35.5. The molecule has 3 N–H and O–H groups in total. The predicted molar refractivity (Wildman–Crippen MR) is 67.1 cm³/mol. The standard InChI is InChI=1S/C12H18ClFN2O/c1-8(5-6-17-2)12(16-15)10-4-3-9(13)7-11(10)14/h3-4,7-8,12,16H,5-6,15H2,1-2H3. The Hall–Kier alpha value is -0.680. The Bertz CT molecular complexity index is 362. The normalized spacial score (nSPS) is 14.6. The van der Waals surface area contributed by atoms with Crippen molar-refractivity contribution in [2.75, 3.05) is 13.7 Å². The van der Waals surface area contributed by atoms with Gasteiger partial charge in [0.2, 0.25) is 0 Å². The van der Waals surface area contributed by atoms with Crippen molar-refractivity contribution < 1.29 is 9.13 Å². The zero-order valence-corrected chi connectivity index (χ0v) is 10.8. The highest BCUT2D eigenvalue weighted by molar-refractivity contribution is 6.30. The van der Waals surface area contributed by atoms with E-state index < -0.39 is 0 Å². The molecule has 0 aliphatic rings. The van der Waals surface area contributed by atoms with Crippen molar-refractivity contribution in [1.29, 1.82) is 0 Å². The first kappa shape index (κ1) is 14.4. The summed E-state index contributed by atoms with van der Waals surface area (Å²) in [6.45, 7) is 2.62. The highest BCUT2D eigenvalue weighted by Gasteiger charge is 2.21. The Balaban J connectivity index is 2.85. The van der Waals surface area contributed by atoms with Crippen LogP contribution in [0.1, 0.15) is 24.9 Å². The van der Waals surface area contributed by atoms with E-state index in [0.29, 0.717) is 17.2 Å². The SMILES string of the molecule is COCCC(C)C(NN)c1ccc(Cl)cc1F. The molecule has 0 amide bonds. The van der Waals surface area contributed by atoms with E-state index in [1.54, 1.807) is 19.2 Å². The minimum Gasteiger partial charge on any atom is -0.385 e. The Kier molecular flexibility index (Phi) is 5.85. The van der Waals surface area contributed by atoms with Crippen LogP contribution in [0.4, 0.5) is 4.39 Å². The largest absolute Gasteiger partial charge is 0.385 e. The molecule has 0 spiro atoms. The molecular formula is C12H18ClFN2O. The lowest BCUT2D eigenvalue weighted by molar-refractivity contribution is 0.169. The molecule has 0 heterocycles. The summed E-state index contributed by atoms with van der Waals surface area (Å²) in [5.41, 5.74) is 3.18. The Morgan fingerprint density at radius 3 is 2.76 bits per heavy atom. The topological polar surface area (TPSA) is 47.3 Å². The van der Waals surface area contributed by atoms with Crippen LogP contribution in [0, 0.1) is 11.7 Å². The number of hydrogen-bond acceptors (Lipinski definition) is 3. The maximum absolute atomic E-state index is 13.8. The van der Waals surface area contributed by atoms with Gasteiger partial charge in [-0.1, -0.05) is 24.6 Å². The average molecular weight is 261 g/mol. The van der Waals surface area contributed by atoms with Gasteiger partial charge in [-0.3, -0.25) is 11.3 Å². The number of methoxy groups -OCH3 is 1. The van der Waals surface area contributed by atoms with Crippen molar-refractivity contribution in [2.45, 2.75) is 19.4 Å². The van der Waals surface area contributed by atoms with Gasteiger partial charge >= 0.3 is 0 Å². The monoisotopic (exact) mass is 260 g/mol. The number of hydrogen-bond donors (Lipinski definition) is 2. The van der Waals surface area contributed by atoms with E-state index in [1.165, 1.54) is 6.07 Å². The number of ether oxygens (including phenoxy) is 1. The van der Waals surface area contributed by atoms with Crippen molar-refractivity contribution in [3.05, 3.63) is 34.6 Å². The van der Waals surface area contributed by atoms with E-state index >= 15 is 0 Å². The van der Waals surface area contributed by atoms with E-state index in [9.17, 15) is 4.39 Å². The van der Waals surface area contributed by atoms with Gasteiger partial charge in [0.15, 0.2) is 0 Å². The summed E-state index contributed by atoms with van der Waals surface area (Å²) in [5, 5.41) is 0.381. The molecule has 0 fully saturated rings. The summed E-state index contributed by atoms with van der Waals surface area (Å²) in [6, 6.07) is 4.37. The number of benzene rings is 1. The number of halogens is 2. The molecule has 96 valence electrons. The van der Waals surface area contributed by atoms with Gasteiger partial charge in [0.05, 0.1) is 6.04 Å². The third-order valence-corrected chi connectivity index (χ3v) is 3.06. The molecule has 3 nitrogen and oxygen atoms in total. The van der Waals surface area contributed by atoms with Gasteiger partial charge in [-0.15, -0.1) is 0 Å². The first-order valence-corrected chi connectivity index (χ1v) is 5.88. The smallest absolute Gasteiger partial charge is 0.129 e. The fourth-order valence-electron chi connectivity index (χ4n) is 1.78. The van der Waals surface area contributed by atoms with Crippen molar-refractivity contribution in [2.24, 2.45) is 11.8 Å². The Labute approximate surface area is 106 Å². The summed E-state index contributed by atoms with van der Waals surface area (Å²) in [6.07, 6.45) is 0.799. The fourth-order valence-corrected chi connectivity index (χ4v) is 1.94. The fraction of sp³-hybridized carbons (Fsp3) is 0.500. The van der Waals surface area contributed by atoms with Crippen molar-refractivity contribution in [3.63, 3.8) is 0 Å². The van der Waals surface area contributed by atoms with E-state index in [-0.39, 0.29) is 17.8 Å². The molecule has 0 aromatic heterocycles. The van der Waals surface area contributed by atoms with Gasteiger partial charge in [0, 0.05) is 24.3 Å². The summed E-state index contributed by atoms with van der Waals surface area (Å²) in [5.74, 6) is 5.31. The van der Waals surface area contributed by atoms with E-state index in [4.69, 9.17) is 22.2 Å². The lowest BCUT2D eigenvalue weighted by atomic mass is 9.92. The van der Waals surface area contributed by atoms with Crippen LogP contribution in [0.3, 0.4) is 0 Å². The van der Waals surface area contributed by atoms with Crippen LogP contribution < -0.4 is 11.3 Å². The molecule has 2 unspecified atom stereocenters. The minimum absolute atomic E-state index is 0.163. The second-order valence-corrected chi connectivity index (χ2v) is 4.51. The van der Waals surface area contributed by atoms with Crippen molar-refractivity contribution in [3.8, 4) is 0 Å². The quantitative estimate of drug-likeness (QED) is 0.611. The summed E-state index contributed by atoms with van der Waals surface area (Å²) < 4.78 is 18.8. The van der Waals surface area contributed by atoms with Gasteiger partial charge in [0.1, 0.15) is 5.82 Å². The van der Waals surface area contributed by atoms with Gasteiger partial charge < -0.3 is 4.74 Å². The zero-order valence-electron chi connectivity index (χ0n) is 10.0. The third kappa shape index (κ3) is 3.92. The second-order valence-electron chi connectivity index (χ2n) is 4.07. The van der Waals surface area contributed by atoms with Gasteiger partial charge in [-0.25, -0.2) is 4.39 Å². The molecule has 1 rings (SSSR count). The highest BCUT2D eigenvalue weighted by Crippen LogP contribution is 2.27. The summed E-state index contributed by atoms with van der Waals surface area (Å²) in [4.78, 5) is 0. The molecule has 0 saturated carbocycles. The van der Waals surface area contributed by atoms with Crippen molar-refractivity contribution in [1.82, 2.24) is 5.43 Å². The maximum Gasteiger partial charge on any atom is 0.129 e. The number of nitrogens with two attached hydrogens (primary N) is 1. The molecule has 0 aliphatic carbocycles. The lowest BCUT2D eigenvalue weighted by Gasteiger charge is -2.24. The second kappa shape index (κ2) is 6.91. The summed E-state index contributed by atoms with van der Waals surface area (Å²) >= 11 is 5.72. The molecular weight excluding hydrogens is 243 g/mol. The van der Waals surface area contributed by atoms with Gasteiger partial charge in [0.25, 0.3) is 0 Å². The van der Waals surface area contributed by atoms with Crippen LogP contribution in [0.5, 0.6) is 0 Å². The van der Waals surface area contributed by atoms with Crippen LogP contribution in [0.2, 0.25) is 5.02 Å². The lowest BCUT2D eigenvalue weighted by Crippen LogP contribution is -2.33. The molecule has 0 radical (unpaired) electrons. The molecule has 17 heavy (non-hydrogen) atoms. The van der Waals surface area contributed by atoms with Gasteiger partial charge in [-0.2, -0.15) is 0 Å². The Morgan fingerprint density at radius 2 is 2.24 bits per heavy atom. The first-order chi connectivity index (χ1) is 8.10. The predicted octanol–water partition coefficient (Wildman–Crippen LogP) is 2.66. The van der Waals surface area contributed by atoms with Crippen LogP contribution in [-0.4, -0.2) is 13.7 Å². The molecule has 1 aromatic rings. The number of rotatable bonds is 6. The molecule has 1 aromatic carbocycles. The molecule has 0 bridgehead atoms. The maximum atomic E-state index is 13.8. The molecule has 2 atom stereocenters. The van der Waals surface area contributed by atoms with Crippen LogP contribution in [0.15, 0.2) is 18.2 Å². The number of hydrazine groups is 1. The number of nitrogens with one attached hydrogen (secondary N) is 1. The van der Waals surface area contributed by atoms with E-state index in [1.807, 2.05) is 6.92 Å². The van der Waals surface area contributed by atoms with Crippen molar-refractivity contribution >= 4 is 11.6 Å². The Morgan fingerprint density at radius 1 is 1.53 bits per heavy atom. The summed E-state index contributed by atoms with van der Waals surface area (Å²) in [7, 11) is 1.64. The zero-order chi connectivity index (χ0) is 12.8. The first-order valence-electron chi connectivity index (χ1n) is 5.50. The van der Waals surface area contributed by atoms with Crippen LogP contribution >= 0.6 is 11.6 Å². The van der Waals surface area contributed by atoms with E-state index in [0.717, 1.165) is 6.42 Å². The molecule has 0 aliphatic heterocycles. The van der Waals surface area contributed by atoms with Crippen LogP contribution in [-0.2, 0) is 4.74 Å². The van der Waals surface area contributed by atoms with Crippen LogP contribution in [0.25, 0.3) is 0 Å². The third-order valence-electron chi connectivity index (χ3n) is 2.82. The van der Waals surface area contributed by atoms with E-state index in [2.05, 4.69) is 5.43 Å². The minimum atomic E-state index is -0.343. The molecule has 0 saturated heterocycles.